The monoisotopic (exact) mass is 1020 g/mol. The predicted octanol–water partition coefficient (Wildman–Crippen LogP) is 18.8. The number of pyridine rings is 6. The summed E-state index contributed by atoms with van der Waals surface area (Å²) in [5.74, 6) is 0. The van der Waals surface area contributed by atoms with Crippen molar-refractivity contribution < 1.29 is 8.83 Å². The van der Waals surface area contributed by atoms with Gasteiger partial charge in [-0.25, -0.2) is 15.0 Å². The van der Waals surface area contributed by atoms with Crippen LogP contribution >= 0.6 is 0 Å². The van der Waals surface area contributed by atoms with Crippen molar-refractivity contribution in [2.45, 2.75) is 0 Å². The molecule has 0 atom stereocenters. The summed E-state index contributed by atoms with van der Waals surface area (Å²) >= 11 is 0. The number of hydrogen-bond donors (Lipinski definition) is 0. The molecule has 9 aromatic carbocycles. The highest BCUT2D eigenvalue weighted by atomic mass is 16.3. The Bertz CT molecular complexity index is 5450. The van der Waals surface area contributed by atoms with E-state index in [4.69, 9.17) is 38.7 Å². The van der Waals surface area contributed by atoms with E-state index in [9.17, 15) is 0 Å². The zero-order valence-electron chi connectivity index (χ0n) is 42.6. The Morgan fingerprint density at radius 1 is 0.275 bits per heavy atom. The van der Waals surface area contributed by atoms with Crippen LogP contribution in [0.25, 0.3) is 176 Å². The maximum atomic E-state index is 7.00. The molecular weight excluding hydrogens is 981 g/mol. The second-order valence-corrected chi connectivity index (χ2v) is 20.6. The van der Waals surface area contributed by atoms with E-state index in [0.29, 0.717) is 0 Å². The molecule has 0 N–H and O–H groups in total. The first-order chi connectivity index (χ1) is 39.6. The first-order valence-corrected chi connectivity index (χ1v) is 26.7. The smallest absolute Gasteiger partial charge is 0.143 e. The van der Waals surface area contributed by atoms with Crippen LogP contribution in [0.4, 0.5) is 0 Å². The zero-order valence-corrected chi connectivity index (χ0v) is 42.6. The van der Waals surface area contributed by atoms with Crippen LogP contribution in [0.2, 0.25) is 0 Å². The fourth-order valence-electron chi connectivity index (χ4n) is 12.0. The number of furan rings is 2. The average molecular weight is 1020 g/mol. The van der Waals surface area contributed by atoms with Crippen LogP contribution in [-0.2, 0) is 0 Å². The van der Waals surface area contributed by atoms with Crippen molar-refractivity contribution in [2.24, 2.45) is 0 Å². The van der Waals surface area contributed by atoms with Gasteiger partial charge in [-0.1, -0.05) is 127 Å². The van der Waals surface area contributed by atoms with Crippen LogP contribution < -0.4 is 0 Å². The fourth-order valence-corrected chi connectivity index (χ4v) is 12.0. The molecule has 8 aromatic heterocycles. The lowest BCUT2D eigenvalue weighted by Crippen LogP contribution is -1.91. The Labute approximate surface area is 455 Å². The normalized spacial score (nSPS) is 12.0. The van der Waals surface area contributed by atoms with Crippen LogP contribution in [0.3, 0.4) is 0 Å². The van der Waals surface area contributed by atoms with Crippen molar-refractivity contribution in [1.82, 2.24) is 29.9 Å². The summed E-state index contributed by atoms with van der Waals surface area (Å²) in [5, 5.41) is 10.4. The first kappa shape index (κ1) is 44.2. The van der Waals surface area contributed by atoms with Crippen molar-refractivity contribution in [2.75, 3.05) is 0 Å². The fraction of sp³-hybridized carbons (Fsp3) is 0. The molecule has 0 spiro atoms. The molecule has 0 saturated carbocycles. The molecule has 0 aliphatic carbocycles. The maximum absolute atomic E-state index is 7.00. The molecule has 8 nitrogen and oxygen atoms in total. The summed E-state index contributed by atoms with van der Waals surface area (Å²) < 4.78 is 13.5. The minimum absolute atomic E-state index is 0.780. The highest BCUT2D eigenvalue weighted by molar-refractivity contribution is 6.18. The topological polar surface area (TPSA) is 104 Å². The number of nitrogens with zero attached hydrogens (tertiary/aromatic N) is 6. The minimum atomic E-state index is 0.780. The highest BCUT2D eigenvalue weighted by Crippen LogP contribution is 2.45. The summed E-state index contributed by atoms with van der Waals surface area (Å²) in [5.41, 5.74) is 20.3. The Balaban J connectivity index is 0.777. The molecule has 0 amide bonds. The van der Waals surface area contributed by atoms with Gasteiger partial charge in [0.15, 0.2) is 0 Å². The molecule has 17 aromatic rings. The lowest BCUT2D eigenvalue weighted by atomic mass is 9.93. The Hall–Kier alpha value is -11.0. The van der Waals surface area contributed by atoms with Crippen LogP contribution in [0.5, 0.6) is 0 Å². The van der Waals surface area contributed by atoms with Crippen molar-refractivity contribution in [1.29, 1.82) is 0 Å². The number of aromatic nitrogens is 6. The number of hydrogen-bond acceptors (Lipinski definition) is 8. The summed E-state index contributed by atoms with van der Waals surface area (Å²) in [4.78, 5) is 30.3. The van der Waals surface area contributed by atoms with Gasteiger partial charge in [-0.15, -0.1) is 0 Å². The van der Waals surface area contributed by atoms with Gasteiger partial charge >= 0.3 is 0 Å². The maximum Gasteiger partial charge on any atom is 0.143 e. The third-order valence-electron chi connectivity index (χ3n) is 15.9. The van der Waals surface area contributed by atoms with Gasteiger partial charge in [0, 0.05) is 100 Å². The summed E-state index contributed by atoms with van der Waals surface area (Å²) in [6.07, 6.45) is 5.64. The molecule has 0 fully saturated rings. The zero-order chi connectivity index (χ0) is 52.4. The molecule has 0 unspecified atom stereocenters. The number of rotatable bonds is 6. The van der Waals surface area contributed by atoms with Crippen LogP contribution in [0.1, 0.15) is 0 Å². The lowest BCUT2D eigenvalue weighted by molar-refractivity contribution is 0.669. The second-order valence-electron chi connectivity index (χ2n) is 20.6. The van der Waals surface area contributed by atoms with Gasteiger partial charge in [-0.05, 0) is 119 Å². The van der Waals surface area contributed by atoms with Gasteiger partial charge in [-0.2, -0.15) is 0 Å². The van der Waals surface area contributed by atoms with Gasteiger partial charge in [0.2, 0.25) is 0 Å². The van der Waals surface area contributed by atoms with Crippen LogP contribution in [0, 0.1) is 0 Å². The van der Waals surface area contributed by atoms with Crippen molar-refractivity contribution in [3.63, 3.8) is 0 Å². The van der Waals surface area contributed by atoms with E-state index in [1.54, 1.807) is 0 Å². The van der Waals surface area contributed by atoms with E-state index in [1.165, 1.54) is 0 Å². The lowest BCUT2D eigenvalue weighted by Gasteiger charge is -2.11. The SMILES string of the molecule is c1ccc(-c2ccc3ccc4ccc(-c5ccc6oc7c(-c8cnc9cc(-c%10cccc%11oc%12ccc(-c%13ccc%14ccc%15cccnc%15c%14n%13)cc%12c%10%11)ccc9c8)ccc(-c8ccc9cccnc9c8)c7c6c5)nc4c3n2)cc1. The quantitative estimate of drug-likeness (QED) is 0.152. The predicted molar refractivity (Wildman–Crippen MR) is 325 cm³/mol. The largest absolute Gasteiger partial charge is 0.456 e. The molecule has 0 radical (unpaired) electrons. The Kier molecular flexibility index (Phi) is 9.54. The van der Waals surface area contributed by atoms with Crippen LogP contribution in [0.15, 0.2) is 252 Å². The molecule has 17 rings (SSSR count). The summed E-state index contributed by atoms with van der Waals surface area (Å²) in [6, 6.07) is 78.2. The van der Waals surface area contributed by atoms with Crippen molar-refractivity contribution in [3.05, 3.63) is 243 Å². The first-order valence-electron chi connectivity index (χ1n) is 26.7. The Morgan fingerprint density at radius 3 is 1.52 bits per heavy atom. The van der Waals surface area contributed by atoms with E-state index in [-0.39, 0.29) is 0 Å². The van der Waals surface area contributed by atoms with E-state index >= 15 is 0 Å². The molecule has 80 heavy (non-hydrogen) atoms. The van der Waals surface area contributed by atoms with Gasteiger partial charge in [0.25, 0.3) is 0 Å². The van der Waals surface area contributed by atoms with E-state index in [1.807, 2.05) is 55.0 Å². The molecule has 0 saturated heterocycles. The molecular formula is C72H40N6O2. The van der Waals surface area contributed by atoms with Gasteiger partial charge in [-0.3, -0.25) is 15.0 Å². The van der Waals surface area contributed by atoms with Gasteiger partial charge in [0.05, 0.1) is 50.2 Å². The third kappa shape index (κ3) is 7.02. The number of fused-ring (bicyclic) bond motifs is 14. The highest BCUT2D eigenvalue weighted by Gasteiger charge is 2.21. The second kappa shape index (κ2) is 17.3. The standard InChI is InChI=1S/C72H40N6O2/c1-2-7-41(8-3-1)58-28-21-45-16-17-46-23-30-60(78-71(46)70(45)76-58)51-25-32-64-57(37-51)67-54(48-18-13-42-9-5-33-73-61(42)38-48)26-27-55(72(67)80-64)52-35-49-20-19-47(39-62(49)75-40-52)53-11-4-12-65-66(53)56-36-50(24-31-63(56)79-65)59-29-22-44-15-14-43-10-6-34-74-68(43)69(44)77-59/h1-40H. The average Bonchev–Trinajstić information content (AvgIpc) is 4.13. The number of benzene rings is 9. The van der Waals surface area contributed by atoms with Gasteiger partial charge < -0.3 is 8.83 Å². The summed E-state index contributed by atoms with van der Waals surface area (Å²) in [7, 11) is 0. The molecule has 0 bridgehead atoms. The molecule has 0 aliphatic rings. The Morgan fingerprint density at radius 2 is 0.812 bits per heavy atom. The van der Waals surface area contributed by atoms with Crippen LogP contribution in [-0.4, -0.2) is 29.9 Å². The molecule has 0 aliphatic heterocycles. The molecule has 8 heterocycles. The minimum Gasteiger partial charge on any atom is -0.456 e. The third-order valence-corrected chi connectivity index (χ3v) is 15.9. The van der Waals surface area contributed by atoms with Crippen molar-refractivity contribution in [3.8, 4) is 67.2 Å². The van der Waals surface area contributed by atoms with E-state index in [2.05, 4.69) is 188 Å². The van der Waals surface area contributed by atoms with E-state index in [0.717, 1.165) is 176 Å². The van der Waals surface area contributed by atoms with Gasteiger partial charge in [0.1, 0.15) is 22.3 Å². The molecule has 8 heteroatoms. The van der Waals surface area contributed by atoms with E-state index < -0.39 is 0 Å². The molecule has 370 valence electrons. The summed E-state index contributed by atoms with van der Waals surface area (Å²) in [6.45, 7) is 0. The van der Waals surface area contributed by atoms with Crippen molar-refractivity contribution >= 4 is 109 Å².